The Hall–Kier alpha value is -3.32. The van der Waals surface area contributed by atoms with Crippen LogP contribution in [0.5, 0.6) is 11.5 Å². The molecule has 3 fully saturated rings. The van der Waals surface area contributed by atoms with Crippen molar-refractivity contribution in [1.82, 2.24) is 9.88 Å². The van der Waals surface area contributed by atoms with Gasteiger partial charge in [0.05, 0.1) is 46.9 Å². The molecular weight excluding hydrogens is 773 g/mol. The quantitative estimate of drug-likeness (QED) is 0.206. The predicted molar refractivity (Wildman–Crippen MR) is 219 cm³/mol. The summed E-state index contributed by atoms with van der Waals surface area (Å²) in [6.07, 6.45) is 6.79. The molecule has 1 aromatic carbocycles. The van der Waals surface area contributed by atoms with E-state index in [2.05, 4.69) is 9.88 Å². The van der Waals surface area contributed by atoms with E-state index < -0.39 is 53.4 Å². The number of Topliss-reactive ketones (excluding diaryl/α,β-unsaturated/α-hetero) is 1. The van der Waals surface area contributed by atoms with Crippen LogP contribution >= 0.6 is 23.2 Å². The van der Waals surface area contributed by atoms with Crippen LogP contribution < -0.4 is 14.4 Å². The lowest BCUT2D eigenvalue weighted by Crippen LogP contribution is -2.57. The molecule has 316 valence electrons. The molecule has 0 spiro atoms. The lowest BCUT2D eigenvalue weighted by atomic mass is 9.77. The van der Waals surface area contributed by atoms with Crippen molar-refractivity contribution in [2.45, 2.75) is 141 Å². The largest absolute Gasteiger partial charge is 0.493 e. The number of rotatable bonds is 12. The molecule has 0 unspecified atom stereocenters. The van der Waals surface area contributed by atoms with Crippen molar-refractivity contribution >= 4 is 46.7 Å². The van der Waals surface area contributed by atoms with Crippen LogP contribution in [0.3, 0.4) is 0 Å². The van der Waals surface area contributed by atoms with Crippen molar-refractivity contribution < 1.29 is 43.2 Å². The van der Waals surface area contributed by atoms with Gasteiger partial charge in [-0.25, -0.2) is 4.79 Å². The molecule has 5 rings (SSSR count). The van der Waals surface area contributed by atoms with Gasteiger partial charge in [-0.2, -0.15) is 0 Å². The lowest BCUT2D eigenvalue weighted by molar-refractivity contribution is -0.174. The molecule has 2 aromatic rings. The average molecular weight is 835 g/mol. The molecule has 1 saturated carbocycles. The molecule has 3 aliphatic rings. The highest BCUT2D eigenvalue weighted by atomic mass is 35.5. The number of benzene rings is 1. The molecule has 0 radical (unpaired) electrons. The van der Waals surface area contributed by atoms with Crippen molar-refractivity contribution in [3.8, 4) is 11.5 Å². The Kier molecular flexibility index (Phi) is 15.1. The van der Waals surface area contributed by atoms with E-state index in [1.54, 1.807) is 45.4 Å². The normalized spacial score (nSPS) is 30.4. The number of hydrogen-bond acceptors (Lipinski definition) is 11. The Morgan fingerprint density at radius 3 is 2.33 bits per heavy atom. The fourth-order valence-corrected chi connectivity index (χ4v) is 9.48. The Labute approximate surface area is 347 Å². The zero-order valence-corrected chi connectivity index (χ0v) is 36.2. The van der Waals surface area contributed by atoms with E-state index in [0.29, 0.717) is 65.9 Å². The van der Waals surface area contributed by atoms with Crippen LogP contribution in [0, 0.1) is 17.8 Å². The fourth-order valence-electron chi connectivity index (χ4n) is 9.00. The van der Waals surface area contributed by atoms with Crippen LogP contribution in [0.1, 0.15) is 105 Å². The number of halogens is 2. The van der Waals surface area contributed by atoms with Crippen LogP contribution in [0.4, 0.5) is 10.5 Å². The van der Waals surface area contributed by atoms with Gasteiger partial charge in [0.15, 0.2) is 17.1 Å². The summed E-state index contributed by atoms with van der Waals surface area (Å²) in [5, 5.41) is 12.1. The maximum absolute atomic E-state index is 14.2. The average Bonchev–Trinajstić information content (AvgIpc) is 3.79. The Bertz CT molecular complexity index is 1710. The number of aliphatic hydroxyl groups excluding tert-OH is 1. The third kappa shape index (κ3) is 10.1. The molecule has 1 aliphatic carbocycles. The van der Waals surface area contributed by atoms with Crippen LogP contribution in [-0.2, 0) is 30.3 Å². The van der Waals surface area contributed by atoms with Gasteiger partial charge in [0, 0.05) is 68.8 Å². The minimum atomic E-state index is -1.36. The number of ether oxygens (including phenoxy) is 5. The Balaban J connectivity index is 1.46. The number of pyridine rings is 1. The summed E-state index contributed by atoms with van der Waals surface area (Å²) in [5.41, 5.74) is -0.548. The third-order valence-corrected chi connectivity index (χ3v) is 13.2. The fraction of sp³-hybridized carbons (Fsp3) is 0.674. The van der Waals surface area contributed by atoms with Crippen LogP contribution in [0.15, 0.2) is 30.6 Å². The zero-order valence-electron chi connectivity index (χ0n) is 34.7. The number of carbonyl (C=O) groups is 3. The highest BCUT2D eigenvalue weighted by Crippen LogP contribution is 2.42. The van der Waals surface area contributed by atoms with Gasteiger partial charge in [-0.05, 0) is 90.2 Å². The molecule has 57 heavy (non-hydrogen) atoms. The number of esters is 1. The third-order valence-electron chi connectivity index (χ3n) is 12.6. The monoisotopic (exact) mass is 833 g/mol. The van der Waals surface area contributed by atoms with Crippen molar-refractivity contribution in [3.05, 3.63) is 46.2 Å². The molecule has 1 N–H and O–H groups in total. The number of hydrogen-bond donors (Lipinski definition) is 1. The van der Waals surface area contributed by atoms with Crippen molar-refractivity contribution in [2.24, 2.45) is 17.8 Å². The number of aromatic nitrogens is 1. The van der Waals surface area contributed by atoms with E-state index in [1.165, 1.54) is 0 Å². The summed E-state index contributed by atoms with van der Waals surface area (Å²) < 4.78 is 30.3. The first-order valence-corrected chi connectivity index (χ1v) is 21.1. The van der Waals surface area contributed by atoms with Crippen LogP contribution in [0.2, 0.25) is 10.0 Å². The summed E-state index contributed by atoms with van der Waals surface area (Å²) in [4.78, 5) is 49.7. The second kappa shape index (κ2) is 19.2. The van der Waals surface area contributed by atoms with E-state index >= 15 is 0 Å². The second-order valence-corrected chi connectivity index (χ2v) is 17.4. The van der Waals surface area contributed by atoms with Crippen molar-refractivity contribution in [3.63, 3.8) is 0 Å². The van der Waals surface area contributed by atoms with Gasteiger partial charge in [-0.15, -0.1) is 0 Å². The van der Waals surface area contributed by atoms with E-state index in [9.17, 15) is 19.5 Å². The molecule has 12 nitrogen and oxygen atoms in total. The van der Waals surface area contributed by atoms with E-state index in [-0.39, 0.29) is 30.8 Å². The maximum Gasteiger partial charge on any atom is 0.410 e. The van der Waals surface area contributed by atoms with Crippen molar-refractivity contribution in [2.75, 3.05) is 32.2 Å². The topological polar surface area (TPSA) is 137 Å². The summed E-state index contributed by atoms with van der Waals surface area (Å²) in [7, 11) is 3.22. The van der Waals surface area contributed by atoms with Gasteiger partial charge in [0.25, 0.3) is 0 Å². The first kappa shape index (κ1) is 44.8. The first-order chi connectivity index (χ1) is 27.0. The van der Waals surface area contributed by atoms with Crippen LogP contribution in [0.25, 0.3) is 0 Å². The van der Waals surface area contributed by atoms with Gasteiger partial charge >= 0.3 is 12.1 Å². The molecule has 3 heterocycles. The van der Waals surface area contributed by atoms with Gasteiger partial charge in [0.1, 0.15) is 11.9 Å². The highest BCUT2D eigenvalue weighted by molar-refractivity contribution is 6.35. The predicted octanol–water partition coefficient (Wildman–Crippen LogP) is 8.44. The number of methoxy groups -OCH3 is 2. The summed E-state index contributed by atoms with van der Waals surface area (Å²) in [6.45, 7) is 11.9. The summed E-state index contributed by atoms with van der Waals surface area (Å²) in [5.74, 6) is -1.20. The summed E-state index contributed by atoms with van der Waals surface area (Å²) in [6, 6.07) is 5.05. The Morgan fingerprint density at radius 1 is 1.02 bits per heavy atom. The molecule has 1 amide bonds. The number of amides is 1. The molecule has 1 aromatic heterocycles. The molecule has 0 bridgehead atoms. The molecule has 14 heteroatoms. The smallest absolute Gasteiger partial charge is 0.410 e. The number of cyclic esters (lactones) is 1. The van der Waals surface area contributed by atoms with Gasteiger partial charge in [0.2, 0.25) is 0 Å². The van der Waals surface area contributed by atoms with Gasteiger partial charge < -0.3 is 38.6 Å². The van der Waals surface area contributed by atoms with E-state index in [0.717, 1.165) is 31.4 Å². The summed E-state index contributed by atoms with van der Waals surface area (Å²) >= 11 is 13.3. The minimum absolute atomic E-state index is 0.0609. The van der Waals surface area contributed by atoms with E-state index in [4.69, 9.17) is 46.9 Å². The molecule has 8 atom stereocenters. The number of carbonyl (C=O) groups excluding carboxylic acids is 3. The minimum Gasteiger partial charge on any atom is -0.493 e. The Morgan fingerprint density at radius 2 is 1.70 bits per heavy atom. The molecular formula is C43H61Cl2N3O9. The number of aliphatic hydroxyl groups is 1. The van der Waals surface area contributed by atoms with E-state index in [1.807, 2.05) is 45.9 Å². The van der Waals surface area contributed by atoms with Crippen molar-refractivity contribution in [1.29, 1.82) is 0 Å². The lowest BCUT2D eigenvalue weighted by Gasteiger charge is -2.41. The molecule has 2 saturated heterocycles. The second-order valence-electron chi connectivity index (χ2n) is 16.6. The number of anilines is 1. The molecule has 2 aliphatic heterocycles. The van der Waals surface area contributed by atoms with Gasteiger partial charge in [-0.3, -0.25) is 14.6 Å². The number of fused-ring (bicyclic) bond motifs is 1. The number of ketones is 1. The number of nitrogens with zero attached hydrogens (tertiary/aromatic N) is 3. The standard InChI is InChI=1S/C43H61Cl2N3O9/c1-9-37-43(6)39(27(3)34(49)17-18-42(5,54-8)22-26(2)38(50)28(4)40(51)56-37)48(41(52)57-43)20-12-19-47(25-31-32(44)23-46-24-33(31)45)29-15-16-35(53-7)36(21-29)55-30-13-10-11-14-30/h15-16,21,23-24,26-28,30,37-39,50H,9-14,17-20,22,25H2,1-8H3/t26-,27+,28-,37-,38+,39-,42-,43-/m1/s1. The maximum atomic E-state index is 14.2. The van der Waals surface area contributed by atoms with Crippen LogP contribution in [-0.4, -0.2) is 95.7 Å². The first-order valence-electron chi connectivity index (χ1n) is 20.4. The zero-order chi connectivity index (χ0) is 41.7. The van der Waals surface area contributed by atoms with Gasteiger partial charge in [-0.1, -0.05) is 44.0 Å². The SMILES string of the molecule is CC[C@H]1OC(=O)[C@H](C)[C@@H](O)[C@H](C)C[C@](C)(OC)CCC(=O)[C@H](C)[C@H]2N(CCCN(Cc3c(Cl)cncc3Cl)c3ccc(OC)c(OC4CCCC4)c3)C(=O)O[C@]12C. The highest BCUT2D eigenvalue weighted by Gasteiger charge is 2.59.